The van der Waals surface area contributed by atoms with Gasteiger partial charge in [-0.2, -0.15) is 0 Å². The Bertz CT molecular complexity index is 505. The van der Waals surface area contributed by atoms with Crippen LogP contribution in [-0.4, -0.2) is 71.6 Å². The fourth-order valence-corrected chi connectivity index (χ4v) is 1.49. The molecule has 0 aromatic carbocycles. The molecule has 0 aliphatic carbocycles. The summed E-state index contributed by atoms with van der Waals surface area (Å²) in [5.74, 6) is 9.24. The van der Waals surface area contributed by atoms with E-state index in [1.807, 2.05) is 45.5 Å². The molecule has 230 valence electrons. The molecule has 0 aromatic rings. The van der Waals surface area contributed by atoms with E-state index in [0.717, 1.165) is 19.3 Å². The molecule has 0 heterocycles. The number of hydrazine groups is 2. The Morgan fingerprint density at radius 1 is 0.763 bits per heavy atom. The Kier molecular flexibility index (Phi) is 60.0. The zero-order valence-electron chi connectivity index (χ0n) is 24.2. The Morgan fingerprint density at radius 3 is 1.34 bits per heavy atom. The molecule has 0 aliphatic heterocycles. The highest BCUT2D eigenvalue weighted by Gasteiger charge is 2.02. The van der Waals surface area contributed by atoms with Crippen molar-refractivity contribution in [3.05, 3.63) is 0 Å². The summed E-state index contributed by atoms with van der Waals surface area (Å²) in [6.45, 7) is 10.7. The number of hydrazone groups is 1. The van der Waals surface area contributed by atoms with Gasteiger partial charge in [0.15, 0.2) is 6.40 Å². The maximum absolute atomic E-state index is 10.6. The van der Waals surface area contributed by atoms with Crippen molar-refractivity contribution in [2.75, 3.05) is 34.5 Å². The number of nitrogens with two attached hydrogens (primary N) is 2. The third-order valence-electron chi connectivity index (χ3n) is 2.99. The molecule has 10 N–H and O–H groups in total. The van der Waals surface area contributed by atoms with Gasteiger partial charge in [0.2, 0.25) is 17.7 Å². The predicted octanol–water partition coefficient (Wildman–Crippen LogP) is -0.0981. The predicted molar refractivity (Wildman–Crippen MR) is 145 cm³/mol. The Morgan fingerprint density at radius 2 is 1.13 bits per heavy atom. The van der Waals surface area contributed by atoms with E-state index in [4.69, 9.17) is 30.7 Å². The molecule has 3 amide bonds. The molecule has 0 saturated carbocycles. The Hall–Kier alpha value is -2.89. The summed E-state index contributed by atoms with van der Waals surface area (Å²) in [4.78, 5) is 39.9. The number of hydrogen-bond acceptors (Lipinski definition) is 12. The first-order valence-corrected chi connectivity index (χ1v) is 11.7. The SMILES string of the molecule is CCCC(=O)N/N=C/OC.CCCC(=O)NN.CCCC(=O)NN.CCOC(OC)OCC.COC=O.[OH3+]. The molecule has 38 heavy (non-hydrogen) atoms. The van der Waals surface area contributed by atoms with Gasteiger partial charge in [-0.3, -0.25) is 30.0 Å². The van der Waals surface area contributed by atoms with E-state index in [0.29, 0.717) is 38.9 Å². The molecular formula is C22H53N6O10+. The number of nitrogens with zero attached hydrogens (tertiary/aromatic N) is 1. The summed E-state index contributed by atoms with van der Waals surface area (Å²) in [7, 11) is 4.33. The van der Waals surface area contributed by atoms with Crippen LogP contribution in [0.25, 0.3) is 0 Å². The van der Waals surface area contributed by atoms with Crippen LogP contribution in [0, 0.1) is 0 Å². The normalized spacial score (nSPS) is 8.71. The van der Waals surface area contributed by atoms with E-state index in [1.54, 1.807) is 7.11 Å². The summed E-state index contributed by atoms with van der Waals surface area (Å²) in [6, 6.07) is 0. The standard InChI is InChI=1S/C6H12N2O2.C6H14O3.2C4H10N2O.C2H4O2.H2O/c1-3-4-6(9)8-7-5-10-2;1-4-8-6(7-3)9-5-2;2*1-2-3-4(7)6-5;1-4-2-3;/h5H,3-4H2,1-2H3,(H,8,9);6H,4-5H2,1-3H3;2*2-3,5H2,1H3,(H,6,7);2H,1H3;1H2/p+1/b7-5+;;;;;. The maximum atomic E-state index is 10.6. The van der Waals surface area contributed by atoms with Gasteiger partial charge in [0.25, 0.3) is 12.9 Å². The van der Waals surface area contributed by atoms with E-state index in [1.165, 1.54) is 20.6 Å². The molecular weight excluding hydrogens is 508 g/mol. The lowest BCUT2D eigenvalue weighted by Crippen LogP contribution is -2.29. The average Bonchev–Trinajstić information content (AvgIpc) is 2.90. The molecule has 16 nitrogen and oxygen atoms in total. The number of rotatable bonds is 14. The first-order valence-electron chi connectivity index (χ1n) is 11.7. The molecule has 0 spiro atoms. The Balaban J connectivity index is -0.0000000858. The van der Waals surface area contributed by atoms with Gasteiger partial charge in [0, 0.05) is 39.6 Å². The van der Waals surface area contributed by atoms with Gasteiger partial charge in [-0.05, 0) is 33.1 Å². The van der Waals surface area contributed by atoms with Crippen molar-refractivity contribution in [1.29, 1.82) is 0 Å². The van der Waals surface area contributed by atoms with E-state index >= 15 is 0 Å². The molecule has 0 fully saturated rings. The van der Waals surface area contributed by atoms with Crippen LogP contribution in [0.4, 0.5) is 0 Å². The minimum atomic E-state index is -0.486. The molecule has 0 unspecified atom stereocenters. The van der Waals surface area contributed by atoms with E-state index in [9.17, 15) is 14.4 Å². The highest BCUT2D eigenvalue weighted by molar-refractivity contribution is 5.76. The second-order valence-corrected chi connectivity index (χ2v) is 6.16. The minimum Gasteiger partial charge on any atom is -0.485 e. The summed E-state index contributed by atoms with van der Waals surface area (Å²) in [5, 5.41) is 3.46. The third-order valence-corrected chi connectivity index (χ3v) is 2.99. The first-order chi connectivity index (χ1) is 17.7. The lowest BCUT2D eigenvalue weighted by atomic mass is 10.3. The number of carbonyl (C=O) groups excluding carboxylic acids is 4. The van der Waals surface area contributed by atoms with E-state index < -0.39 is 6.48 Å². The quantitative estimate of drug-likeness (QED) is 0.0274. The monoisotopic (exact) mass is 561 g/mol. The number of nitrogens with one attached hydrogen (secondary N) is 3. The average molecular weight is 562 g/mol. The van der Waals surface area contributed by atoms with Crippen LogP contribution >= 0.6 is 0 Å². The van der Waals surface area contributed by atoms with Crippen molar-refractivity contribution in [1.82, 2.24) is 16.3 Å². The molecule has 0 aliphatic rings. The van der Waals surface area contributed by atoms with Crippen LogP contribution in [0.15, 0.2) is 5.10 Å². The van der Waals surface area contributed by atoms with Crippen molar-refractivity contribution in [3.63, 3.8) is 0 Å². The minimum absolute atomic E-state index is 0. The Labute approximate surface area is 226 Å². The molecule has 0 bridgehead atoms. The van der Waals surface area contributed by atoms with Gasteiger partial charge in [-0.15, -0.1) is 5.10 Å². The van der Waals surface area contributed by atoms with Crippen LogP contribution in [0.5, 0.6) is 0 Å². The number of amides is 3. The number of methoxy groups -OCH3 is 3. The van der Waals surface area contributed by atoms with Crippen molar-refractivity contribution < 1.29 is 48.3 Å². The first kappa shape index (κ1) is 48.2. The second-order valence-electron chi connectivity index (χ2n) is 6.16. The summed E-state index contributed by atoms with van der Waals surface area (Å²) in [5.41, 5.74) is 6.34. The van der Waals surface area contributed by atoms with Gasteiger partial charge in [-0.25, -0.2) is 17.1 Å². The van der Waals surface area contributed by atoms with Gasteiger partial charge in [0.05, 0.1) is 14.2 Å². The zero-order chi connectivity index (χ0) is 29.7. The van der Waals surface area contributed by atoms with Crippen molar-refractivity contribution >= 4 is 30.6 Å². The van der Waals surface area contributed by atoms with Crippen LogP contribution in [0.1, 0.15) is 73.1 Å². The molecule has 16 heteroatoms. The van der Waals surface area contributed by atoms with E-state index in [2.05, 4.69) is 20.0 Å². The molecule has 0 radical (unpaired) electrons. The lowest BCUT2D eigenvalue weighted by molar-refractivity contribution is -0.273. The second kappa shape index (κ2) is 47.3. The van der Waals surface area contributed by atoms with Crippen LogP contribution in [0.3, 0.4) is 0 Å². The largest absolute Gasteiger partial charge is 0.485 e. The number of hydrogen-bond donors (Lipinski definition) is 5. The topological polar surface area (TPSA) is 248 Å². The summed E-state index contributed by atoms with van der Waals surface area (Å²) < 4.78 is 23.1. The van der Waals surface area contributed by atoms with Gasteiger partial charge >= 0.3 is 0 Å². The fraction of sp³-hybridized carbons (Fsp3) is 0.773. The van der Waals surface area contributed by atoms with Crippen molar-refractivity contribution in [2.45, 2.75) is 79.6 Å². The van der Waals surface area contributed by atoms with Gasteiger partial charge < -0.3 is 29.2 Å². The maximum Gasteiger partial charge on any atom is 0.292 e. The number of carbonyl (C=O) groups is 4. The highest BCUT2D eigenvalue weighted by Crippen LogP contribution is 1.93. The van der Waals surface area contributed by atoms with Gasteiger partial charge in [0.1, 0.15) is 0 Å². The number of ether oxygens (including phenoxy) is 5. The summed E-state index contributed by atoms with van der Waals surface area (Å²) >= 11 is 0. The van der Waals surface area contributed by atoms with Crippen molar-refractivity contribution in [3.8, 4) is 0 Å². The van der Waals surface area contributed by atoms with Crippen molar-refractivity contribution in [2.24, 2.45) is 16.8 Å². The molecule has 0 atom stereocenters. The molecule has 0 aromatic heterocycles. The highest BCUT2D eigenvalue weighted by atomic mass is 16.8. The fourth-order valence-electron chi connectivity index (χ4n) is 1.49. The van der Waals surface area contributed by atoms with Gasteiger partial charge in [-0.1, -0.05) is 20.8 Å². The smallest absolute Gasteiger partial charge is 0.292 e. The zero-order valence-corrected chi connectivity index (χ0v) is 24.2. The molecule has 0 rings (SSSR count). The van der Waals surface area contributed by atoms with Crippen LogP contribution in [0.2, 0.25) is 0 Å². The van der Waals surface area contributed by atoms with Crippen LogP contribution < -0.4 is 28.0 Å². The lowest BCUT2D eigenvalue weighted by Gasteiger charge is -2.13. The van der Waals surface area contributed by atoms with E-state index in [-0.39, 0.29) is 23.2 Å². The summed E-state index contributed by atoms with van der Waals surface area (Å²) in [6.07, 6.45) is 5.25. The third kappa shape index (κ3) is 58.7. The van der Waals surface area contributed by atoms with Crippen LogP contribution in [-0.2, 0) is 48.3 Å². The molecule has 0 saturated heterocycles.